The van der Waals surface area contributed by atoms with E-state index in [0.717, 1.165) is 11.8 Å². The van der Waals surface area contributed by atoms with E-state index in [9.17, 15) is 18.0 Å². The molecule has 0 fully saturated rings. The first-order valence-corrected chi connectivity index (χ1v) is 15.2. The van der Waals surface area contributed by atoms with Gasteiger partial charge in [-0.2, -0.15) is 0 Å². The van der Waals surface area contributed by atoms with Gasteiger partial charge in [-0.15, -0.1) is 0 Å². The Morgan fingerprint density at radius 3 is 2.15 bits per heavy atom. The Bertz CT molecular complexity index is 1380. The smallest absolute Gasteiger partial charge is 0.242 e. The molecule has 0 bridgehead atoms. The lowest BCUT2D eigenvalue weighted by Crippen LogP contribution is -2.50. The average Bonchev–Trinajstić information content (AvgIpc) is 2.89. The van der Waals surface area contributed by atoms with Gasteiger partial charge >= 0.3 is 0 Å². The van der Waals surface area contributed by atoms with Crippen molar-refractivity contribution in [3.8, 4) is 0 Å². The van der Waals surface area contributed by atoms with Crippen molar-refractivity contribution in [3.63, 3.8) is 0 Å². The highest BCUT2D eigenvalue weighted by molar-refractivity contribution is 7.92. The molecular weight excluding hydrogens is 581 g/mol. The number of halogens is 3. The van der Waals surface area contributed by atoms with Crippen LogP contribution in [0.3, 0.4) is 0 Å². The molecule has 0 saturated heterocycles. The van der Waals surface area contributed by atoms with Crippen molar-refractivity contribution >= 4 is 62.3 Å². The zero-order chi connectivity index (χ0) is 28.6. The third-order valence-corrected chi connectivity index (χ3v) is 8.29. The first-order valence-electron chi connectivity index (χ1n) is 12.2. The number of hydrogen-bond donors (Lipinski definition) is 1. The van der Waals surface area contributed by atoms with Gasteiger partial charge in [0.05, 0.1) is 11.9 Å². The molecule has 11 heteroatoms. The number of anilines is 1. The fourth-order valence-electron chi connectivity index (χ4n) is 4.21. The molecule has 3 aromatic carbocycles. The van der Waals surface area contributed by atoms with E-state index in [-0.39, 0.29) is 44.2 Å². The van der Waals surface area contributed by atoms with Crippen molar-refractivity contribution in [3.05, 3.63) is 99.0 Å². The minimum atomic E-state index is -3.64. The summed E-state index contributed by atoms with van der Waals surface area (Å²) in [6.07, 6.45) is 1.56. The zero-order valence-corrected chi connectivity index (χ0v) is 24.7. The molecule has 1 unspecified atom stereocenters. The lowest BCUT2D eigenvalue weighted by molar-refractivity contribution is -0.141. The van der Waals surface area contributed by atoms with Gasteiger partial charge < -0.3 is 10.2 Å². The van der Waals surface area contributed by atoms with Gasteiger partial charge in [0.25, 0.3) is 0 Å². The SMILES string of the molecule is CNC(=O)C(Cc1ccccc1)N(Cc1c(Cl)cccc1Cl)C(=O)CCCN(c1cccc(Cl)c1)S(C)(=O)=O. The summed E-state index contributed by atoms with van der Waals surface area (Å²) in [6, 6.07) is 20.1. The van der Waals surface area contributed by atoms with Crippen LogP contribution in [0.2, 0.25) is 15.1 Å². The van der Waals surface area contributed by atoms with Crippen LogP contribution in [-0.4, -0.2) is 51.0 Å². The molecule has 0 heterocycles. The molecule has 0 aliphatic carbocycles. The molecule has 208 valence electrons. The van der Waals surface area contributed by atoms with Gasteiger partial charge in [0.2, 0.25) is 21.8 Å². The third kappa shape index (κ3) is 8.60. The summed E-state index contributed by atoms with van der Waals surface area (Å²) in [5, 5.41) is 3.81. The maximum atomic E-state index is 13.7. The summed E-state index contributed by atoms with van der Waals surface area (Å²) < 4.78 is 26.2. The second-order valence-electron chi connectivity index (χ2n) is 8.96. The first-order chi connectivity index (χ1) is 18.5. The summed E-state index contributed by atoms with van der Waals surface area (Å²) >= 11 is 18.9. The fraction of sp³-hybridized carbons (Fsp3) is 0.286. The molecule has 0 saturated carbocycles. The lowest BCUT2D eigenvalue weighted by Gasteiger charge is -2.32. The standard InChI is InChI=1S/C28H30Cl3N3O4S/c1-32-28(36)26(17-20-9-4-3-5-10-20)33(19-23-24(30)13-7-14-25(23)31)27(35)15-8-16-34(39(2,37)38)22-12-6-11-21(29)18-22/h3-7,9-14,18,26H,8,15-17,19H2,1-2H3,(H,32,36). The fourth-order valence-corrected chi connectivity index (χ4v) is 5.87. The number of carbonyl (C=O) groups is 2. The highest BCUT2D eigenvalue weighted by Gasteiger charge is 2.31. The minimum Gasteiger partial charge on any atom is -0.357 e. The van der Waals surface area contributed by atoms with Crippen LogP contribution in [0.15, 0.2) is 72.8 Å². The van der Waals surface area contributed by atoms with E-state index in [1.165, 1.54) is 16.3 Å². The van der Waals surface area contributed by atoms with Crippen molar-refractivity contribution < 1.29 is 18.0 Å². The van der Waals surface area contributed by atoms with Crippen LogP contribution in [0.5, 0.6) is 0 Å². The number of hydrogen-bond acceptors (Lipinski definition) is 4. The summed E-state index contributed by atoms with van der Waals surface area (Å²) in [5.74, 6) is -0.679. The van der Waals surface area contributed by atoms with E-state index >= 15 is 0 Å². The molecule has 7 nitrogen and oxygen atoms in total. The first kappa shape index (κ1) is 30.8. The topological polar surface area (TPSA) is 86.8 Å². The van der Waals surface area contributed by atoms with Gasteiger partial charge in [-0.3, -0.25) is 13.9 Å². The van der Waals surface area contributed by atoms with Crippen LogP contribution < -0.4 is 9.62 Å². The summed E-state index contributed by atoms with van der Waals surface area (Å²) in [7, 11) is -2.12. The van der Waals surface area contributed by atoms with Gasteiger partial charge in [0.15, 0.2) is 0 Å². The predicted octanol–water partition coefficient (Wildman–Crippen LogP) is 5.58. The van der Waals surface area contributed by atoms with Crippen molar-refractivity contribution in [2.24, 2.45) is 0 Å². The Hall–Kier alpha value is -2.78. The van der Waals surface area contributed by atoms with E-state index in [4.69, 9.17) is 34.8 Å². The molecule has 0 aromatic heterocycles. The number of rotatable bonds is 12. The highest BCUT2D eigenvalue weighted by Crippen LogP contribution is 2.28. The van der Waals surface area contributed by atoms with E-state index in [1.807, 2.05) is 30.3 Å². The molecule has 39 heavy (non-hydrogen) atoms. The zero-order valence-electron chi connectivity index (χ0n) is 21.6. The van der Waals surface area contributed by atoms with Gasteiger partial charge in [-0.1, -0.05) is 77.3 Å². The van der Waals surface area contributed by atoms with Gasteiger partial charge in [-0.25, -0.2) is 8.42 Å². The number of nitrogens with zero attached hydrogens (tertiary/aromatic N) is 2. The lowest BCUT2D eigenvalue weighted by atomic mass is 10.0. The number of benzene rings is 3. The van der Waals surface area contributed by atoms with Crippen molar-refractivity contribution in [1.29, 1.82) is 0 Å². The van der Waals surface area contributed by atoms with Crippen molar-refractivity contribution in [2.45, 2.75) is 31.8 Å². The second kappa shape index (κ2) is 14.0. The molecule has 0 radical (unpaired) electrons. The number of carbonyl (C=O) groups excluding carboxylic acids is 2. The maximum absolute atomic E-state index is 13.7. The van der Waals surface area contributed by atoms with Crippen LogP contribution in [0.1, 0.15) is 24.0 Å². The molecular formula is C28H30Cl3N3O4S. The second-order valence-corrected chi connectivity index (χ2v) is 12.1. The number of amides is 2. The molecule has 0 aliphatic rings. The number of likely N-dealkylation sites (N-methyl/N-ethyl adjacent to an activating group) is 1. The Balaban J connectivity index is 1.89. The van der Waals surface area contributed by atoms with Crippen LogP contribution in [0, 0.1) is 0 Å². The van der Waals surface area contributed by atoms with Crippen LogP contribution in [0.4, 0.5) is 5.69 Å². The normalized spacial score (nSPS) is 12.0. The van der Waals surface area contributed by atoms with Crippen molar-refractivity contribution in [2.75, 3.05) is 24.2 Å². The quantitative estimate of drug-likeness (QED) is 0.290. The molecule has 3 aromatic rings. The Morgan fingerprint density at radius 2 is 1.56 bits per heavy atom. The average molecular weight is 611 g/mol. The third-order valence-electron chi connectivity index (χ3n) is 6.16. The summed E-state index contributed by atoms with van der Waals surface area (Å²) in [4.78, 5) is 28.3. The van der Waals surface area contributed by atoms with Crippen LogP contribution in [0.25, 0.3) is 0 Å². The van der Waals surface area contributed by atoms with E-state index in [2.05, 4.69) is 5.32 Å². The molecule has 2 amide bonds. The minimum absolute atomic E-state index is 0.00629. The molecule has 0 spiro atoms. The molecule has 0 aliphatic heterocycles. The largest absolute Gasteiger partial charge is 0.357 e. The van der Waals surface area contributed by atoms with Gasteiger partial charge in [-0.05, 0) is 42.3 Å². The predicted molar refractivity (Wildman–Crippen MR) is 158 cm³/mol. The number of sulfonamides is 1. The van der Waals surface area contributed by atoms with Crippen LogP contribution >= 0.6 is 34.8 Å². The van der Waals surface area contributed by atoms with E-state index in [1.54, 1.807) is 42.5 Å². The Labute approximate surface area is 244 Å². The van der Waals surface area contributed by atoms with Gasteiger partial charge in [0, 0.05) is 53.6 Å². The Kier molecular flexibility index (Phi) is 11.1. The summed E-state index contributed by atoms with van der Waals surface area (Å²) in [5.41, 5.74) is 1.80. The van der Waals surface area contributed by atoms with E-state index < -0.39 is 16.1 Å². The summed E-state index contributed by atoms with van der Waals surface area (Å²) in [6.45, 7) is 0.0568. The Morgan fingerprint density at radius 1 is 0.923 bits per heavy atom. The van der Waals surface area contributed by atoms with E-state index in [0.29, 0.717) is 26.3 Å². The number of nitrogens with one attached hydrogen (secondary N) is 1. The van der Waals surface area contributed by atoms with Gasteiger partial charge in [0.1, 0.15) is 6.04 Å². The molecule has 3 rings (SSSR count). The molecule has 1 N–H and O–H groups in total. The molecule has 1 atom stereocenters. The van der Waals surface area contributed by atoms with Crippen molar-refractivity contribution in [1.82, 2.24) is 10.2 Å². The van der Waals surface area contributed by atoms with Crippen LogP contribution in [-0.2, 0) is 32.6 Å². The highest BCUT2D eigenvalue weighted by atomic mass is 35.5. The maximum Gasteiger partial charge on any atom is 0.242 e. The monoisotopic (exact) mass is 609 g/mol.